The predicted octanol–water partition coefficient (Wildman–Crippen LogP) is 8.97. The van der Waals surface area contributed by atoms with Crippen LogP contribution in [-0.4, -0.2) is 53.5 Å². The van der Waals surface area contributed by atoms with Gasteiger partial charge in [-0.05, 0) is 32.1 Å². The summed E-state index contributed by atoms with van der Waals surface area (Å²) in [4.78, 5) is 0. The lowest BCUT2D eigenvalue weighted by atomic mass is 9.94. The van der Waals surface area contributed by atoms with E-state index >= 15 is 0 Å². The average molecular weight is 769 g/mol. The second-order valence-electron chi connectivity index (χ2n) is 16.4. The van der Waals surface area contributed by atoms with Crippen molar-refractivity contribution >= 4 is 26.8 Å². The van der Waals surface area contributed by atoms with Gasteiger partial charge in [-0.1, -0.05) is 198 Å². The SMILES string of the molecule is CC(C)(C)[Si](OC[C@H]1O[C@@H](C#C[Si](C)(C)C)[C@H](OCc2ccccc2)[C@@H](OCc2ccccc2)[C@@H]1OCc1ccccc1)(c1ccccc1)c1ccccc1. The molecule has 5 aromatic rings. The normalized spacial score (nSPS) is 20.4. The van der Waals surface area contributed by atoms with Crippen LogP contribution in [0.25, 0.3) is 0 Å². The molecule has 1 aliphatic heterocycles. The molecule has 0 radical (unpaired) electrons. The maximum atomic E-state index is 7.56. The molecule has 0 N–H and O–H groups in total. The molecule has 0 unspecified atom stereocenters. The summed E-state index contributed by atoms with van der Waals surface area (Å²) in [7, 11) is -4.73. The van der Waals surface area contributed by atoms with Crippen molar-refractivity contribution in [2.75, 3.05) is 6.61 Å². The van der Waals surface area contributed by atoms with E-state index in [1.54, 1.807) is 0 Å². The van der Waals surface area contributed by atoms with Gasteiger partial charge in [-0.25, -0.2) is 0 Å². The zero-order chi connectivity index (χ0) is 38.7. The lowest BCUT2D eigenvalue weighted by molar-refractivity contribution is -0.257. The first-order valence-electron chi connectivity index (χ1n) is 19.4. The fraction of sp³-hybridized carbons (Fsp3) is 0.333. The summed E-state index contributed by atoms with van der Waals surface area (Å²) in [6.45, 7) is 15.1. The number of hydrogen-bond acceptors (Lipinski definition) is 5. The number of benzene rings is 5. The summed E-state index contributed by atoms with van der Waals surface area (Å²) in [5.41, 5.74) is 6.82. The molecule has 55 heavy (non-hydrogen) atoms. The smallest absolute Gasteiger partial charge is 0.261 e. The van der Waals surface area contributed by atoms with Gasteiger partial charge in [0.1, 0.15) is 38.6 Å². The molecule has 5 nitrogen and oxygen atoms in total. The molecular formula is C48H56O5Si2. The molecular weight excluding hydrogens is 713 g/mol. The van der Waals surface area contributed by atoms with Crippen molar-refractivity contribution in [2.24, 2.45) is 0 Å². The summed E-state index contributed by atoms with van der Waals surface area (Å²) in [5.74, 6) is 3.58. The van der Waals surface area contributed by atoms with E-state index in [-0.39, 0.29) is 11.6 Å². The third kappa shape index (κ3) is 10.6. The quantitative estimate of drug-likeness (QED) is 0.0835. The van der Waals surface area contributed by atoms with Crippen LogP contribution in [0.4, 0.5) is 0 Å². The van der Waals surface area contributed by atoms with Gasteiger partial charge in [0.15, 0.2) is 0 Å². The second kappa shape index (κ2) is 18.7. The predicted molar refractivity (Wildman–Crippen MR) is 228 cm³/mol. The van der Waals surface area contributed by atoms with E-state index in [2.05, 4.69) is 149 Å². The van der Waals surface area contributed by atoms with Gasteiger partial charge >= 0.3 is 0 Å². The Morgan fingerprint density at radius 3 is 1.31 bits per heavy atom. The molecule has 0 amide bonds. The topological polar surface area (TPSA) is 46.2 Å². The van der Waals surface area contributed by atoms with Gasteiger partial charge in [0.05, 0.1) is 26.4 Å². The molecule has 1 fully saturated rings. The maximum absolute atomic E-state index is 7.56. The van der Waals surface area contributed by atoms with Crippen molar-refractivity contribution < 1.29 is 23.4 Å². The van der Waals surface area contributed by atoms with Crippen LogP contribution >= 0.6 is 0 Å². The molecule has 1 aliphatic rings. The van der Waals surface area contributed by atoms with Crippen LogP contribution in [0.2, 0.25) is 24.7 Å². The van der Waals surface area contributed by atoms with Crippen molar-refractivity contribution in [1.82, 2.24) is 0 Å². The molecule has 5 atom stereocenters. The van der Waals surface area contributed by atoms with Gasteiger partial charge in [-0.15, -0.1) is 5.54 Å². The van der Waals surface area contributed by atoms with Gasteiger partial charge in [0.25, 0.3) is 8.32 Å². The zero-order valence-corrected chi connectivity index (χ0v) is 35.2. The monoisotopic (exact) mass is 768 g/mol. The van der Waals surface area contributed by atoms with Crippen LogP contribution in [0.3, 0.4) is 0 Å². The summed E-state index contributed by atoms with van der Waals surface area (Å²) < 4.78 is 35.6. The highest BCUT2D eigenvalue weighted by Gasteiger charge is 2.53. The van der Waals surface area contributed by atoms with Crippen molar-refractivity contribution in [1.29, 1.82) is 0 Å². The fourth-order valence-electron chi connectivity index (χ4n) is 7.29. The highest BCUT2D eigenvalue weighted by molar-refractivity contribution is 6.99. The number of rotatable bonds is 14. The lowest BCUT2D eigenvalue weighted by Crippen LogP contribution is -2.68. The minimum Gasteiger partial charge on any atom is -0.405 e. The summed E-state index contributed by atoms with van der Waals surface area (Å²) in [6.07, 6.45) is -2.66. The Labute approximate surface area is 331 Å². The van der Waals surface area contributed by atoms with Crippen molar-refractivity contribution in [3.05, 3.63) is 168 Å². The van der Waals surface area contributed by atoms with Gasteiger partial charge < -0.3 is 23.4 Å². The Hall–Kier alpha value is -4.11. The standard InChI is InChI=1S/C48H56O5Si2/c1-48(2,3)55(41-28-18-10-19-29-41,42-30-20-11-21-31-42)52-37-44-46(50-35-39-24-14-8-15-25-39)47(51-36-40-26-16-9-17-27-40)45(43(53-44)32-33-54(4,5)6)49-34-38-22-12-7-13-23-38/h7-31,43-47H,34-37H2,1-6H3/t43-,44+,45-,46+,47+/m0/s1. The molecule has 0 bridgehead atoms. The number of ether oxygens (including phenoxy) is 4. The maximum Gasteiger partial charge on any atom is 0.261 e. The first-order valence-corrected chi connectivity index (χ1v) is 24.8. The molecule has 0 aliphatic carbocycles. The average Bonchev–Trinajstić information content (AvgIpc) is 3.19. The van der Waals surface area contributed by atoms with E-state index in [0.717, 1.165) is 16.7 Å². The first kappa shape index (κ1) is 40.6. The van der Waals surface area contributed by atoms with Crippen molar-refractivity contribution in [3.8, 4) is 11.5 Å². The Bertz CT molecular complexity index is 1900. The van der Waals surface area contributed by atoms with Crippen molar-refractivity contribution in [3.63, 3.8) is 0 Å². The minimum atomic E-state index is -2.93. The third-order valence-corrected chi connectivity index (χ3v) is 15.9. The van der Waals surface area contributed by atoms with E-state index in [4.69, 9.17) is 23.4 Å². The summed E-state index contributed by atoms with van der Waals surface area (Å²) in [6, 6.07) is 52.3. The molecule has 7 heteroatoms. The van der Waals surface area contributed by atoms with E-state index < -0.39 is 46.9 Å². The molecule has 5 aromatic carbocycles. The Morgan fingerprint density at radius 1 is 0.527 bits per heavy atom. The Kier molecular flexibility index (Phi) is 13.8. The molecule has 0 aromatic heterocycles. The number of hydrogen-bond donors (Lipinski definition) is 0. The Balaban J connectivity index is 1.44. The molecule has 6 rings (SSSR count). The lowest BCUT2D eigenvalue weighted by Gasteiger charge is -2.47. The van der Waals surface area contributed by atoms with E-state index in [1.165, 1.54) is 10.4 Å². The highest BCUT2D eigenvalue weighted by atomic mass is 28.4. The van der Waals surface area contributed by atoms with Gasteiger partial charge in [0, 0.05) is 0 Å². The van der Waals surface area contributed by atoms with Crippen LogP contribution < -0.4 is 10.4 Å². The van der Waals surface area contributed by atoms with Gasteiger partial charge in [-0.3, -0.25) is 0 Å². The largest absolute Gasteiger partial charge is 0.405 e. The molecule has 1 saturated heterocycles. The van der Waals surface area contributed by atoms with E-state index in [9.17, 15) is 0 Å². The summed E-state index contributed by atoms with van der Waals surface area (Å²) >= 11 is 0. The second-order valence-corrected chi connectivity index (χ2v) is 25.4. The molecule has 1 heterocycles. The minimum absolute atomic E-state index is 0.216. The molecule has 0 saturated carbocycles. The van der Waals surface area contributed by atoms with Gasteiger partial charge in [0.2, 0.25) is 0 Å². The summed E-state index contributed by atoms with van der Waals surface area (Å²) in [5, 5.41) is 2.20. The van der Waals surface area contributed by atoms with Crippen LogP contribution in [0.1, 0.15) is 37.5 Å². The Morgan fingerprint density at radius 2 is 0.909 bits per heavy atom. The molecule has 286 valence electrons. The van der Waals surface area contributed by atoms with Crippen LogP contribution in [0.15, 0.2) is 152 Å². The van der Waals surface area contributed by atoms with Crippen molar-refractivity contribution in [2.45, 2.75) is 95.8 Å². The van der Waals surface area contributed by atoms with E-state index in [1.807, 2.05) is 54.6 Å². The van der Waals surface area contributed by atoms with E-state index in [0.29, 0.717) is 19.8 Å². The first-order chi connectivity index (χ1) is 26.5. The van der Waals surface area contributed by atoms with Crippen LogP contribution in [0.5, 0.6) is 0 Å². The van der Waals surface area contributed by atoms with Gasteiger partial charge in [-0.2, -0.15) is 0 Å². The third-order valence-electron chi connectivity index (χ3n) is 9.96. The van der Waals surface area contributed by atoms with Crippen LogP contribution in [-0.2, 0) is 43.2 Å². The molecule has 0 spiro atoms. The highest BCUT2D eigenvalue weighted by Crippen LogP contribution is 2.38. The zero-order valence-electron chi connectivity index (χ0n) is 33.2. The van der Waals surface area contributed by atoms with Crippen LogP contribution in [0, 0.1) is 11.5 Å². The fourth-order valence-corrected chi connectivity index (χ4v) is 12.4.